The number of furan rings is 1. The molecule has 1 heterocycles. The smallest absolute Gasteiger partial charge is 0.109 e. The van der Waals surface area contributed by atoms with E-state index in [1.54, 1.807) is 6.26 Å². The van der Waals surface area contributed by atoms with Crippen LogP contribution in [0.2, 0.25) is 0 Å². The maximum atomic E-state index is 8.75. The van der Waals surface area contributed by atoms with Crippen LogP contribution in [0.1, 0.15) is 38.4 Å². The molecule has 0 aromatic carbocycles. The van der Waals surface area contributed by atoms with Gasteiger partial charge in [0, 0.05) is 12.3 Å². The van der Waals surface area contributed by atoms with Crippen molar-refractivity contribution in [1.82, 2.24) is 0 Å². The second-order valence-electron chi connectivity index (χ2n) is 3.52. The van der Waals surface area contributed by atoms with E-state index in [9.17, 15) is 0 Å². The van der Waals surface area contributed by atoms with E-state index in [0.29, 0.717) is 12.3 Å². The van der Waals surface area contributed by atoms with Crippen molar-refractivity contribution in [2.45, 2.75) is 32.6 Å². The van der Waals surface area contributed by atoms with Crippen LogP contribution >= 0.6 is 15.9 Å². The quantitative estimate of drug-likeness (QED) is 0.813. The molecule has 14 heavy (non-hydrogen) atoms. The van der Waals surface area contributed by atoms with Crippen LogP contribution in [0, 0.1) is 17.2 Å². The highest BCUT2D eigenvalue weighted by Crippen LogP contribution is 2.32. The molecule has 76 valence electrons. The summed E-state index contributed by atoms with van der Waals surface area (Å²) in [7, 11) is 0. The van der Waals surface area contributed by atoms with Gasteiger partial charge in [-0.2, -0.15) is 5.26 Å². The number of hydrogen-bond acceptors (Lipinski definition) is 2. The zero-order valence-electron chi connectivity index (χ0n) is 8.46. The second kappa shape index (κ2) is 5.21. The topological polar surface area (TPSA) is 36.9 Å². The van der Waals surface area contributed by atoms with Gasteiger partial charge in [-0.3, -0.25) is 0 Å². The molecule has 0 N–H and O–H groups in total. The van der Waals surface area contributed by atoms with Gasteiger partial charge < -0.3 is 4.42 Å². The van der Waals surface area contributed by atoms with Crippen LogP contribution < -0.4 is 0 Å². The minimum absolute atomic E-state index is 0.219. The first-order valence-corrected chi connectivity index (χ1v) is 5.59. The van der Waals surface area contributed by atoms with Crippen LogP contribution in [0.25, 0.3) is 0 Å². The van der Waals surface area contributed by atoms with Crippen molar-refractivity contribution >= 4 is 15.9 Å². The Labute approximate surface area is 93.0 Å². The Bertz CT molecular complexity index is 326. The molecule has 2 atom stereocenters. The highest BCUT2D eigenvalue weighted by Gasteiger charge is 2.20. The summed E-state index contributed by atoms with van der Waals surface area (Å²) in [4.78, 5) is 0. The van der Waals surface area contributed by atoms with E-state index < -0.39 is 0 Å². The Hall–Kier alpha value is -0.750. The molecule has 0 aliphatic heterocycles. The van der Waals surface area contributed by atoms with Gasteiger partial charge >= 0.3 is 0 Å². The Morgan fingerprint density at radius 2 is 2.36 bits per heavy atom. The molecule has 3 heteroatoms. The molecule has 0 aliphatic carbocycles. The summed E-state index contributed by atoms with van der Waals surface area (Å²) in [6, 6.07) is 4.17. The van der Waals surface area contributed by atoms with Crippen molar-refractivity contribution in [3.8, 4) is 6.07 Å². The van der Waals surface area contributed by atoms with Gasteiger partial charge in [0.25, 0.3) is 0 Å². The Kier molecular flexibility index (Phi) is 4.21. The van der Waals surface area contributed by atoms with Crippen LogP contribution in [0.3, 0.4) is 0 Å². The average Bonchev–Trinajstić information content (AvgIpc) is 2.60. The summed E-state index contributed by atoms with van der Waals surface area (Å²) in [6.07, 6.45) is 3.25. The fraction of sp³-hybridized carbons (Fsp3) is 0.545. The lowest BCUT2D eigenvalue weighted by Gasteiger charge is -2.17. The molecule has 0 aliphatic rings. The Morgan fingerprint density at radius 3 is 2.79 bits per heavy atom. The molecule has 1 rings (SSSR count). The van der Waals surface area contributed by atoms with Crippen LogP contribution in [-0.2, 0) is 0 Å². The number of hydrogen-bond donors (Lipinski definition) is 0. The fourth-order valence-electron chi connectivity index (χ4n) is 1.49. The highest BCUT2D eigenvalue weighted by molar-refractivity contribution is 9.10. The monoisotopic (exact) mass is 255 g/mol. The summed E-state index contributed by atoms with van der Waals surface area (Å²) in [5.74, 6) is 1.61. The van der Waals surface area contributed by atoms with Gasteiger partial charge in [-0.25, -0.2) is 0 Å². The molecular formula is C11H14BrNO. The number of nitriles is 1. The van der Waals surface area contributed by atoms with Gasteiger partial charge in [0.2, 0.25) is 0 Å². The highest BCUT2D eigenvalue weighted by atomic mass is 79.9. The first kappa shape index (κ1) is 11.3. The standard InChI is InChI=1S/C11H14BrNO/c1-3-8(2)10(4-5-13)11-6-9(12)7-14-11/h6-8,10H,3-4H2,1-2H3. The first-order chi connectivity index (χ1) is 6.69. The number of nitrogens with zero attached hydrogens (tertiary/aromatic N) is 1. The summed E-state index contributed by atoms with van der Waals surface area (Å²) in [6.45, 7) is 4.28. The van der Waals surface area contributed by atoms with E-state index in [1.807, 2.05) is 6.07 Å². The molecule has 2 unspecified atom stereocenters. The van der Waals surface area contributed by atoms with E-state index in [1.165, 1.54) is 0 Å². The molecule has 1 aromatic heterocycles. The molecule has 0 amide bonds. The molecule has 2 nitrogen and oxygen atoms in total. The predicted octanol–water partition coefficient (Wildman–Crippen LogP) is 4.09. The van der Waals surface area contributed by atoms with Crippen molar-refractivity contribution in [3.63, 3.8) is 0 Å². The minimum Gasteiger partial charge on any atom is -0.468 e. The molecule has 0 spiro atoms. The number of halogens is 1. The van der Waals surface area contributed by atoms with Crippen LogP contribution in [-0.4, -0.2) is 0 Å². The number of rotatable bonds is 4. The van der Waals surface area contributed by atoms with E-state index in [4.69, 9.17) is 9.68 Å². The van der Waals surface area contributed by atoms with Crippen molar-refractivity contribution in [3.05, 3.63) is 22.6 Å². The predicted molar refractivity (Wildman–Crippen MR) is 58.8 cm³/mol. The minimum atomic E-state index is 0.219. The lowest BCUT2D eigenvalue weighted by atomic mass is 9.87. The molecule has 0 fully saturated rings. The summed E-state index contributed by atoms with van der Waals surface area (Å²) < 4.78 is 6.35. The third kappa shape index (κ3) is 2.62. The fourth-order valence-corrected chi connectivity index (χ4v) is 1.81. The molecular weight excluding hydrogens is 242 g/mol. The second-order valence-corrected chi connectivity index (χ2v) is 4.44. The van der Waals surface area contributed by atoms with Crippen LogP contribution in [0.15, 0.2) is 21.2 Å². The average molecular weight is 256 g/mol. The third-order valence-corrected chi connectivity index (χ3v) is 3.01. The zero-order chi connectivity index (χ0) is 10.6. The first-order valence-electron chi connectivity index (χ1n) is 4.79. The van der Waals surface area contributed by atoms with Crippen molar-refractivity contribution < 1.29 is 4.42 Å². The normalized spacial score (nSPS) is 14.7. The summed E-state index contributed by atoms with van der Waals surface area (Å²) in [5.41, 5.74) is 0. The van der Waals surface area contributed by atoms with E-state index in [0.717, 1.165) is 16.7 Å². The molecule has 0 saturated heterocycles. The lowest BCUT2D eigenvalue weighted by molar-refractivity contribution is 0.372. The molecule has 1 aromatic rings. The maximum Gasteiger partial charge on any atom is 0.109 e. The zero-order valence-corrected chi connectivity index (χ0v) is 10.0. The van der Waals surface area contributed by atoms with Gasteiger partial charge in [-0.1, -0.05) is 20.3 Å². The van der Waals surface area contributed by atoms with Crippen molar-refractivity contribution in [1.29, 1.82) is 5.26 Å². The van der Waals surface area contributed by atoms with Gasteiger partial charge in [0.15, 0.2) is 0 Å². The third-order valence-electron chi connectivity index (χ3n) is 2.60. The largest absolute Gasteiger partial charge is 0.468 e. The summed E-state index contributed by atoms with van der Waals surface area (Å²) >= 11 is 3.35. The Balaban J connectivity index is 2.83. The summed E-state index contributed by atoms with van der Waals surface area (Å²) in [5, 5.41) is 8.75. The van der Waals surface area contributed by atoms with Crippen LogP contribution in [0.4, 0.5) is 0 Å². The Morgan fingerprint density at radius 1 is 1.64 bits per heavy atom. The van der Waals surface area contributed by atoms with Crippen molar-refractivity contribution in [2.24, 2.45) is 5.92 Å². The van der Waals surface area contributed by atoms with E-state index in [-0.39, 0.29) is 5.92 Å². The van der Waals surface area contributed by atoms with E-state index in [2.05, 4.69) is 35.8 Å². The maximum absolute atomic E-state index is 8.75. The lowest BCUT2D eigenvalue weighted by Crippen LogP contribution is -2.07. The van der Waals surface area contributed by atoms with Gasteiger partial charge in [0.05, 0.1) is 10.5 Å². The van der Waals surface area contributed by atoms with Crippen LogP contribution in [0.5, 0.6) is 0 Å². The SMILES string of the molecule is CCC(C)C(CC#N)c1cc(Br)co1. The van der Waals surface area contributed by atoms with E-state index >= 15 is 0 Å². The molecule has 0 bridgehead atoms. The van der Waals surface area contributed by atoms with Gasteiger partial charge in [-0.05, 0) is 27.9 Å². The molecule has 0 radical (unpaired) electrons. The molecule has 0 saturated carbocycles. The van der Waals surface area contributed by atoms with Gasteiger partial charge in [-0.15, -0.1) is 0 Å². The van der Waals surface area contributed by atoms with Gasteiger partial charge in [0.1, 0.15) is 12.0 Å². The van der Waals surface area contributed by atoms with Crippen molar-refractivity contribution in [2.75, 3.05) is 0 Å².